The van der Waals surface area contributed by atoms with Crippen molar-refractivity contribution in [2.75, 3.05) is 53.4 Å². The van der Waals surface area contributed by atoms with Crippen LogP contribution in [0.15, 0.2) is 60.7 Å². The van der Waals surface area contributed by atoms with E-state index < -0.39 is 6.10 Å². The first kappa shape index (κ1) is 21.8. The third-order valence-electron chi connectivity index (χ3n) is 6.03. The van der Waals surface area contributed by atoms with E-state index in [-0.39, 0.29) is 12.1 Å². The van der Waals surface area contributed by atoms with E-state index >= 15 is 0 Å². The molecule has 0 bridgehead atoms. The molecule has 1 fully saturated rings. The molecule has 2 aromatic carbocycles. The lowest BCUT2D eigenvalue weighted by atomic mass is 10.0. The third kappa shape index (κ3) is 6.28. The van der Waals surface area contributed by atoms with E-state index in [0.717, 1.165) is 44.0 Å². The molecule has 1 aliphatic heterocycles. The van der Waals surface area contributed by atoms with Crippen LogP contribution in [0.5, 0.6) is 5.75 Å². The van der Waals surface area contributed by atoms with Crippen LogP contribution in [0.25, 0.3) is 0 Å². The predicted molar refractivity (Wildman–Crippen MR) is 118 cm³/mol. The lowest BCUT2D eigenvalue weighted by Gasteiger charge is -2.40. The molecule has 3 rings (SSSR count). The van der Waals surface area contributed by atoms with Crippen molar-refractivity contribution < 1.29 is 9.84 Å². The van der Waals surface area contributed by atoms with Crippen LogP contribution in [0.2, 0.25) is 0 Å². The number of rotatable bonds is 9. The Morgan fingerprint density at radius 1 is 0.966 bits per heavy atom. The summed E-state index contributed by atoms with van der Waals surface area (Å²) in [6.07, 6.45) is -0.510. The van der Waals surface area contributed by atoms with E-state index in [1.807, 2.05) is 60.7 Å². The molecule has 0 aliphatic carbocycles. The van der Waals surface area contributed by atoms with Crippen molar-refractivity contribution in [1.82, 2.24) is 14.7 Å². The summed E-state index contributed by atoms with van der Waals surface area (Å²) in [5.74, 6) is 0.909. The average Bonchev–Trinajstić information content (AvgIpc) is 2.77. The maximum absolute atomic E-state index is 10.8. The molecule has 1 heterocycles. The average molecular weight is 398 g/mol. The van der Waals surface area contributed by atoms with Crippen molar-refractivity contribution in [2.24, 2.45) is 0 Å². The highest BCUT2D eigenvalue weighted by atomic mass is 16.5. The fraction of sp³-hybridized carbons (Fsp3) is 0.500. The second kappa shape index (κ2) is 10.7. The Morgan fingerprint density at radius 3 is 2.17 bits per heavy atom. The van der Waals surface area contributed by atoms with E-state index in [2.05, 4.69) is 35.7 Å². The highest BCUT2D eigenvalue weighted by Gasteiger charge is 2.28. The minimum Gasteiger partial charge on any atom is -0.492 e. The fourth-order valence-electron chi connectivity index (χ4n) is 3.84. The van der Waals surface area contributed by atoms with Gasteiger partial charge in [-0.15, -0.1) is 0 Å². The Kier molecular flexibility index (Phi) is 8.07. The predicted octanol–water partition coefficient (Wildman–Crippen LogP) is 2.74. The second-order valence-electron chi connectivity index (χ2n) is 8.15. The Hall–Kier alpha value is -1.92. The zero-order valence-corrected chi connectivity index (χ0v) is 17.9. The summed E-state index contributed by atoms with van der Waals surface area (Å²) in [6.45, 7) is 7.83. The molecular weight excluding hydrogens is 362 g/mol. The summed E-state index contributed by atoms with van der Waals surface area (Å²) in [7, 11) is 4.28. The van der Waals surface area contributed by atoms with Gasteiger partial charge in [0, 0.05) is 38.8 Å². The zero-order valence-electron chi connectivity index (χ0n) is 17.9. The first-order chi connectivity index (χ1) is 14.0. The quantitative estimate of drug-likeness (QED) is 0.704. The second-order valence-corrected chi connectivity index (χ2v) is 8.15. The molecule has 0 radical (unpaired) electrons. The Labute approximate surface area is 175 Å². The SMILES string of the molecule is CC(C(O)c1ccccc1)N(C)CC(COc1ccccc1)N1CCN(C)CC1. The smallest absolute Gasteiger partial charge is 0.119 e. The van der Waals surface area contributed by atoms with Crippen LogP contribution in [0.1, 0.15) is 18.6 Å². The van der Waals surface area contributed by atoms with Crippen molar-refractivity contribution in [3.05, 3.63) is 66.2 Å². The summed E-state index contributed by atoms with van der Waals surface area (Å²) in [4.78, 5) is 7.16. The van der Waals surface area contributed by atoms with Gasteiger partial charge in [-0.25, -0.2) is 0 Å². The zero-order chi connectivity index (χ0) is 20.6. The van der Waals surface area contributed by atoms with Crippen LogP contribution in [0.3, 0.4) is 0 Å². The Bertz CT molecular complexity index is 705. The molecule has 5 nitrogen and oxygen atoms in total. The number of para-hydroxylation sites is 1. The summed E-state index contributed by atoms with van der Waals surface area (Å²) >= 11 is 0. The van der Waals surface area contributed by atoms with Crippen molar-refractivity contribution in [3.63, 3.8) is 0 Å². The molecule has 2 aromatic rings. The van der Waals surface area contributed by atoms with E-state index in [1.54, 1.807) is 0 Å². The number of piperazine rings is 1. The number of aliphatic hydroxyl groups is 1. The van der Waals surface area contributed by atoms with Gasteiger partial charge in [-0.2, -0.15) is 0 Å². The van der Waals surface area contributed by atoms with Gasteiger partial charge in [0.05, 0.1) is 12.1 Å². The van der Waals surface area contributed by atoms with Crippen molar-refractivity contribution in [1.29, 1.82) is 0 Å². The molecule has 5 heteroatoms. The van der Waals surface area contributed by atoms with E-state index in [1.165, 1.54) is 0 Å². The minimum atomic E-state index is -0.510. The van der Waals surface area contributed by atoms with Crippen LogP contribution in [0.4, 0.5) is 0 Å². The molecule has 1 aliphatic rings. The monoisotopic (exact) mass is 397 g/mol. The van der Waals surface area contributed by atoms with E-state index in [9.17, 15) is 5.11 Å². The number of benzene rings is 2. The van der Waals surface area contributed by atoms with Gasteiger partial charge in [0.25, 0.3) is 0 Å². The molecule has 158 valence electrons. The molecule has 3 unspecified atom stereocenters. The van der Waals surface area contributed by atoms with Crippen LogP contribution in [0, 0.1) is 0 Å². The molecule has 0 aromatic heterocycles. The number of hydrogen-bond acceptors (Lipinski definition) is 5. The van der Waals surface area contributed by atoms with Gasteiger partial charge in [-0.05, 0) is 38.7 Å². The standard InChI is InChI=1S/C24H35N3O2/c1-20(24(28)21-10-6-4-7-11-21)26(3)18-22(27-16-14-25(2)15-17-27)19-29-23-12-8-5-9-13-23/h4-13,20,22,24,28H,14-19H2,1-3H3. The van der Waals surface area contributed by atoms with E-state index in [4.69, 9.17) is 4.74 Å². The topological polar surface area (TPSA) is 39.2 Å². The largest absolute Gasteiger partial charge is 0.492 e. The van der Waals surface area contributed by atoms with Gasteiger partial charge in [0.2, 0.25) is 0 Å². The first-order valence-electron chi connectivity index (χ1n) is 10.6. The Balaban J connectivity index is 1.64. The van der Waals surface area contributed by atoms with Gasteiger partial charge in [0.15, 0.2) is 0 Å². The number of aliphatic hydroxyl groups excluding tert-OH is 1. The van der Waals surface area contributed by atoms with Gasteiger partial charge in [-0.3, -0.25) is 9.80 Å². The Morgan fingerprint density at radius 2 is 1.55 bits per heavy atom. The summed E-state index contributed by atoms with van der Waals surface area (Å²) < 4.78 is 6.13. The first-order valence-corrected chi connectivity index (χ1v) is 10.6. The molecule has 29 heavy (non-hydrogen) atoms. The molecule has 0 saturated carbocycles. The van der Waals surface area contributed by atoms with Crippen molar-refractivity contribution in [2.45, 2.75) is 25.1 Å². The van der Waals surface area contributed by atoms with Crippen LogP contribution in [-0.2, 0) is 0 Å². The van der Waals surface area contributed by atoms with Gasteiger partial charge in [0.1, 0.15) is 12.4 Å². The number of ether oxygens (including phenoxy) is 1. The lowest BCUT2D eigenvalue weighted by Crippen LogP contribution is -2.55. The normalized spacial score (nSPS) is 19.1. The maximum Gasteiger partial charge on any atom is 0.119 e. The summed E-state index contributed by atoms with van der Waals surface area (Å²) in [6, 6.07) is 20.2. The highest BCUT2D eigenvalue weighted by Crippen LogP contribution is 2.21. The number of likely N-dealkylation sites (N-methyl/N-ethyl adjacent to an activating group) is 2. The highest BCUT2D eigenvalue weighted by molar-refractivity contribution is 5.21. The summed E-state index contributed by atoms with van der Waals surface area (Å²) in [5, 5.41) is 10.8. The molecule has 1 saturated heterocycles. The maximum atomic E-state index is 10.8. The minimum absolute atomic E-state index is 0.0177. The van der Waals surface area contributed by atoms with Gasteiger partial charge in [-0.1, -0.05) is 48.5 Å². The molecule has 0 amide bonds. The van der Waals surface area contributed by atoms with Gasteiger partial charge < -0.3 is 14.7 Å². The van der Waals surface area contributed by atoms with Gasteiger partial charge >= 0.3 is 0 Å². The number of nitrogens with zero attached hydrogens (tertiary/aromatic N) is 3. The summed E-state index contributed by atoms with van der Waals surface area (Å²) in [5.41, 5.74) is 0.962. The van der Waals surface area contributed by atoms with Crippen LogP contribution < -0.4 is 4.74 Å². The van der Waals surface area contributed by atoms with Crippen molar-refractivity contribution in [3.8, 4) is 5.75 Å². The third-order valence-corrected chi connectivity index (χ3v) is 6.03. The van der Waals surface area contributed by atoms with E-state index in [0.29, 0.717) is 6.61 Å². The van der Waals surface area contributed by atoms with Crippen LogP contribution in [-0.4, -0.2) is 85.3 Å². The molecule has 1 N–H and O–H groups in total. The molecule has 3 atom stereocenters. The lowest BCUT2D eigenvalue weighted by molar-refractivity contribution is 0.0273. The molecule has 0 spiro atoms. The fourth-order valence-corrected chi connectivity index (χ4v) is 3.84. The molecular formula is C24H35N3O2. The van der Waals surface area contributed by atoms with Crippen LogP contribution >= 0.6 is 0 Å². The van der Waals surface area contributed by atoms with Crippen molar-refractivity contribution >= 4 is 0 Å². The number of hydrogen-bond donors (Lipinski definition) is 1.